The minimum absolute atomic E-state index is 0.603. The van der Waals surface area contributed by atoms with E-state index in [0.29, 0.717) is 11.7 Å². The number of rotatable bonds is 5. The maximum atomic E-state index is 5.59. The normalized spacial score (nSPS) is 10.1. The first-order valence-electron chi connectivity index (χ1n) is 5.48. The van der Waals surface area contributed by atoms with E-state index in [9.17, 15) is 0 Å². The molecule has 0 saturated heterocycles. The van der Waals surface area contributed by atoms with Crippen molar-refractivity contribution in [2.75, 3.05) is 39.6 Å². The van der Waals surface area contributed by atoms with Crippen LogP contribution < -0.4 is 15.4 Å². The second-order valence-electron chi connectivity index (χ2n) is 3.88. The molecule has 5 heteroatoms. The Morgan fingerprint density at radius 2 is 1.94 bits per heavy atom. The lowest BCUT2D eigenvalue weighted by Crippen LogP contribution is -2.24. The minimum atomic E-state index is 0.603. The third kappa shape index (κ3) is 5.51. The van der Waals surface area contributed by atoms with Gasteiger partial charge in [0.2, 0.25) is 0 Å². The molecule has 2 N–H and O–H groups in total. The molecule has 94 valence electrons. The molecule has 0 aliphatic carbocycles. The molecule has 0 amide bonds. The van der Waals surface area contributed by atoms with Gasteiger partial charge < -0.3 is 20.3 Å². The molecule has 1 aromatic rings. The van der Waals surface area contributed by atoms with Gasteiger partial charge in [0.25, 0.3) is 0 Å². The van der Waals surface area contributed by atoms with Crippen LogP contribution in [0.15, 0.2) is 24.3 Å². The fourth-order valence-electron chi connectivity index (χ4n) is 1.17. The van der Waals surface area contributed by atoms with Gasteiger partial charge in [-0.05, 0) is 50.6 Å². The van der Waals surface area contributed by atoms with E-state index in [1.165, 1.54) is 0 Å². The highest BCUT2D eigenvalue weighted by Crippen LogP contribution is 2.15. The van der Waals surface area contributed by atoms with Gasteiger partial charge in [-0.15, -0.1) is 0 Å². The molecule has 0 spiro atoms. The number of anilines is 1. The summed E-state index contributed by atoms with van der Waals surface area (Å²) in [6, 6.07) is 7.73. The van der Waals surface area contributed by atoms with Crippen LogP contribution in [0.1, 0.15) is 0 Å². The molecule has 1 aromatic carbocycles. The van der Waals surface area contributed by atoms with Crippen LogP contribution in [0, 0.1) is 0 Å². The first kappa shape index (κ1) is 13.7. The van der Waals surface area contributed by atoms with E-state index in [-0.39, 0.29) is 0 Å². The lowest BCUT2D eigenvalue weighted by Gasteiger charge is -2.12. The van der Waals surface area contributed by atoms with E-state index >= 15 is 0 Å². The summed E-state index contributed by atoms with van der Waals surface area (Å²) in [5.74, 6) is 0.868. The van der Waals surface area contributed by atoms with Gasteiger partial charge in [-0.2, -0.15) is 0 Å². The van der Waals surface area contributed by atoms with Gasteiger partial charge >= 0.3 is 0 Å². The molecule has 17 heavy (non-hydrogen) atoms. The van der Waals surface area contributed by atoms with Crippen LogP contribution in [0.2, 0.25) is 0 Å². The number of benzene rings is 1. The highest BCUT2D eigenvalue weighted by molar-refractivity contribution is 7.80. The van der Waals surface area contributed by atoms with Crippen molar-refractivity contribution in [3.63, 3.8) is 0 Å². The standard InChI is InChI=1S/C12H19N3OS/c1-13-12(17)14-10-4-6-11(7-5-10)16-9-8-15(2)3/h4-7H,8-9H2,1-3H3,(H2,13,14,17). The molecule has 0 fully saturated rings. The lowest BCUT2D eigenvalue weighted by molar-refractivity contribution is 0.261. The van der Waals surface area contributed by atoms with E-state index in [1.54, 1.807) is 7.05 Å². The van der Waals surface area contributed by atoms with Gasteiger partial charge in [0.15, 0.2) is 5.11 Å². The van der Waals surface area contributed by atoms with Crippen LogP contribution in [-0.4, -0.2) is 44.3 Å². The lowest BCUT2D eigenvalue weighted by atomic mass is 10.3. The van der Waals surface area contributed by atoms with E-state index in [0.717, 1.165) is 18.0 Å². The van der Waals surface area contributed by atoms with Crippen molar-refractivity contribution in [3.8, 4) is 5.75 Å². The zero-order chi connectivity index (χ0) is 12.7. The van der Waals surface area contributed by atoms with Crippen molar-refractivity contribution in [1.82, 2.24) is 10.2 Å². The summed E-state index contributed by atoms with van der Waals surface area (Å²) >= 11 is 5.01. The zero-order valence-corrected chi connectivity index (χ0v) is 11.3. The first-order chi connectivity index (χ1) is 8.11. The summed E-state index contributed by atoms with van der Waals surface area (Å²) in [6.07, 6.45) is 0. The molecule has 0 aliphatic rings. The van der Waals surface area contributed by atoms with Crippen molar-refractivity contribution < 1.29 is 4.74 Å². The molecule has 0 aromatic heterocycles. The minimum Gasteiger partial charge on any atom is -0.492 e. The highest BCUT2D eigenvalue weighted by Gasteiger charge is 1.97. The van der Waals surface area contributed by atoms with Gasteiger partial charge in [0.1, 0.15) is 12.4 Å². The monoisotopic (exact) mass is 253 g/mol. The van der Waals surface area contributed by atoms with E-state index < -0.39 is 0 Å². The maximum Gasteiger partial charge on any atom is 0.170 e. The van der Waals surface area contributed by atoms with Crippen molar-refractivity contribution in [3.05, 3.63) is 24.3 Å². The van der Waals surface area contributed by atoms with Crippen molar-refractivity contribution >= 4 is 23.0 Å². The fraction of sp³-hybridized carbons (Fsp3) is 0.417. The molecular weight excluding hydrogens is 234 g/mol. The Morgan fingerprint density at radius 3 is 2.47 bits per heavy atom. The van der Waals surface area contributed by atoms with Crippen LogP contribution in [0.3, 0.4) is 0 Å². The van der Waals surface area contributed by atoms with Gasteiger partial charge in [0.05, 0.1) is 0 Å². The highest BCUT2D eigenvalue weighted by atomic mass is 32.1. The first-order valence-corrected chi connectivity index (χ1v) is 5.89. The number of thiocarbonyl (C=S) groups is 1. The molecular formula is C12H19N3OS. The summed E-state index contributed by atoms with van der Waals surface area (Å²) < 4.78 is 5.59. The summed E-state index contributed by atoms with van der Waals surface area (Å²) in [6.45, 7) is 1.60. The predicted molar refractivity (Wildman–Crippen MR) is 75.8 cm³/mol. The van der Waals surface area contributed by atoms with Gasteiger partial charge in [-0.25, -0.2) is 0 Å². The summed E-state index contributed by atoms with van der Waals surface area (Å²) in [5.41, 5.74) is 0.948. The molecule has 0 atom stereocenters. The second kappa shape index (κ2) is 7.09. The van der Waals surface area contributed by atoms with E-state index in [4.69, 9.17) is 17.0 Å². The molecule has 0 radical (unpaired) electrons. The Labute approximate surface area is 108 Å². The summed E-state index contributed by atoms with van der Waals surface area (Å²) in [4.78, 5) is 2.08. The average molecular weight is 253 g/mol. The molecule has 0 heterocycles. The maximum absolute atomic E-state index is 5.59. The van der Waals surface area contributed by atoms with E-state index in [2.05, 4.69) is 15.5 Å². The SMILES string of the molecule is CNC(=S)Nc1ccc(OCCN(C)C)cc1. The summed E-state index contributed by atoms with van der Waals surface area (Å²) in [5, 5.41) is 6.51. The third-order valence-corrected chi connectivity index (χ3v) is 2.45. The Morgan fingerprint density at radius 1 is 1.29 bits per heavy atom. The molecule has 0 unspecified atom stereocenters. The average Bonchev–Trinajstić information content (AvgIpc) is 2.31. The zero-order valence-electron chi connectivity index (χ0n) is 10.5. The van der Waals surface area contributed by atoms with Crippen molar-refractivity contribution in [1.29, 1.82) is 0 Å². The molecule has 1 rings (SSSR count). The third-order valence-electron chi connectivity index (χ3n) is 2.15. The quantitative estimate of drug-likeness (QED) is 0.779. The van der Waals surface area contributed by atoms with Crippen molar-refractivity contribution in [2.24, 2.45) is 0 Å². The van der Waals surface area contributed by atoms with Crippen LogP contribution in [0.25, 0.3) is 0 Å². The topological polar surface area (TPSA) is 36.5 Å². The van der Waals surface area contributed by atoms with Gasteiger partial charge in [0, 0.05) is 19.3 Å². The number of ether oxygens (including phenoxy) is 1. The number of nitrogens with one attached hydrogen (secondary N) is 2. The van der Waals surface area contributed by atoms with E-state index in [1.807, 2.05) is 38.4 Å². The van der Waals surface area contributed by atoms with Crippen LogP contribution >= 0.6 is 12.2 Å². The summed E-state index contributed by atoms with van der Waals surface area (Å²) in [7, 11) is 5.83. The number of hydrogen-bond donors (Lipinski definition) is 2. The van der Waals surface area contributed by atoms with Crippen LogP contribution in [0.4, 0.5) is 5.69 Å². The number of likely N-dealkylation sites (N-methyl/N-ethyl adjacent to an activating group) is 1. The number of hydrogen-bond acceptors (Lipinski definition) is 3. The fourth-order valence-corrected chi connectivity index (χ4v) is 1.29. The van der Waals surface area contributed by atoms with Crippen molar-refractivity contribution in [2.45, 2.75) is 0 Å². The van der Waals surface area contributed by atoms with Crippen LogP contribution in [0.5, 0.6) is 5.75 Å². The Hall–Kier alpha value is -1.33. The van der Waals surface area contributed by atoms with Crippen LogP contribution in [-0.2, 0) is 0 Å². The molecule has 4 nitrogen and oxygen atoms in total. The largest absolute Gasteiger partial charge is 0.492 e. The Balaban J connectivity index is 2.42. The molecule has 0 bridgehead atoms. The Kier molecular flexibility index (Phi) is 5.72. The molecule has 0 saturated carbocycles. The van der Waals surface area contributed by atoms with Gasteiger partial charge in [-0.1, -0.05) is 0 Å². The smallest absolute Gasteiger partial charge is 0.170 e. The number of nitrogens with zero attached hydrogens (tertiary/aromatic N) is 1. The Bertz CT molecular complexity index is 351. The second-order valence-corrected chi connectivity index (χ2v) is 4.29. The van der Waals surface area contributed by atoms with Gasteiger partial charge in [-0.3, -0.25) is 0 Å². The predicted octanol–water partition coefficient (Wildman–Crippen LogP) is 1.54. The molecule has 0 aliphatic heterocycles.